The van der Waals surface area contributed by atoms with Crippen LogP contribution in [0, 0.1) is 0 Å². The Balaban J connectivity index is 1.78. The van der Waals surface area contributed by atoms with Gasteiger partial charge in [-0.05, 0) is 26.3 Å². The molecule has 2 saturated heterocycles. The molecule has 2 N–H and O–H groups in total. The van der Waals surface area contributed by atoms with Crippen molar-refractivity contribution in [3.8, 4) is 0 Å². The molecule has 2 fully saturated rings. The molecule has 15 heavy (non-hydrogen) atoms. The number of ether oxygens (including phenoxy) is 1. The molecule has 0 amide bonds. The Morgan fingerprint density at radius 1 is 1.40 bits per heavy atom. The van der Waals surface area contributed by atoms with E-state index in [1.165, 1.54) is 12.8 Å². The van der Waals surface area contributed by atoms with Crippen molar-refractivity contribution in [2.24, 2.45) is 0 Å². The number of likely N-dealkylation sites (tertiary alicyclic amines) is 1. The molecule has 2 heterocycles. The van der Waals surface area contributed by atoms with Crippen LogP contribution < -0.4 is 5.32 Å². The Bertz CT molecular complexity index is 189. The second-order valence-electron chi connectivity index (χ2n) is 4.67. The van der Waals surface area contributed by atoms with Crippen LogP contribution in [0.1, 0.15) is 19.3 Å². The van der Waals surface area contributed by atoms with E-state index in [0.29, 0.717) is 18.2 Å². The number of rotatable bonds is 5. The maximum atomic E-state index is 8.93. The quantitative estimate of drug-likeness (QED) is 0.666. The van der Waals surface area contributed by atoms with E-state index < -0.39 is 0 Å². The highest BCUT2D eigenvalue weighted by Gasteiger charge is 2.33. The lowest BCUT2D eigenvalue weighted by atomic mass is 10.2. The molecule has 4 heteroatoms. The van der Waals surface area contributed by atoms with Gasteiger partial charge in [0, 0.05) is 32.3 Å². The molecule has 2 bridgehead atoms. The van der Waals surface area contributed by atoms with E-state index in [1.54, 1.807) is 0 Å². The van der Waals surface area contributed by atoms with Crippen molar-refractivity contribution >= 4 is 0 Å². The zero-order valence-electron chi connectivity index (χ0n) is 9.48. The summed E-state index contributed by atoms with van der Waals surface area (Å²) in [6, 6.07) is 0.410. The van der Waals surface area contributed by atoms with E-state index in [9.17, 15) is 0 Å². The van der Waals surface area contributed by atoms with Crippen LogP contribution >= 0.6 is 0 Å². The molecule has 0 radical (unpaired) electrons. The van der Waals surface area contributed by atoms with Crippen molar-refractivity contribution in [1.82, 2.24) is 10.2 Å². The molecule has 0 spiro atoms. The van der Waals surface area contributed by atoms with Gasteiger partial charge in [-0.3, -0.25) is 4.90 Å². The van der Waals surface area contributed by atoms with Crippen LogP contribution in [0.4, 0.5) is 0 Å². The maximum Gasteiger partial charge on any atom is 0.0707 e. The van der Waals surface area contributed by atoms with Crippen LogP contribution in [0.5, 0.6) is 0 Å². The second kappa shape index (κ2) is 5.25. The van der Waals surface area contributed by atoms with Crippen LogP contribution in [0.2, 0.25) is 0 Å². The van der Waals surface area contributed by atoms with Gasteiger partial charge < -0.3 is 15.2 Å². The number of likely N-dealkylation sites (N-methyl/N-ethyl adjacent to an activating group) is 1. The van der Waals surface area contributed by atoms with Crippen molar-refractivity contribution in [3.63, 3.8) is 0 Å². The molecule has 2 rings (SSSR count). The average Bonchev–Trinajstić information content (AvgIpc) is 2.57. The largest absolute Gasteiger partial charge is 0.396 e. The minimum Gasteiger partial charge on any atom is -0.396 e. The number of aliphatic hydroxyl groups is 1. The zero-order valence-corrected chi connectivity index (χ0v) is 9.48. The highest BCUT2D eigenvalue weighted by atomic mass is 16.5. The predicted octanol–water partition coefficient (Wildman–Crippen LogP) is -0.180. The number of hydrogen-bond acceptors (Lipinski definition) is 4. The molecule has 0 aliphatic carbocycles. The van der Waals surface area contributed by atoms with Gasteiger partial charge in [-0.25, -0.2) is 0 Å². The molecule has 3 unspecified atom stereocenters. The first kappa shape index (κ1) is 11.3. The maximum absolute atomic E-state index is 8.93. The summed E-state index contributed by atoms with van der Waals surface area (Å²) < 4.78 is 5.79. The Morgan fingerprint density at radius 3 is 2.60 bits per heavy atom. The summed E-state index contributed by atoms with van der Waals surface area (Å²) >= 11 is 0. The molecule has 0 aromatic rings. The Labute approximate surface area is 91.6 Å². The van der Waals surface area contributed by atoms with Gasteiger partial charge >= 0.3 is 0 Å². The van der Waals surface area contributed by atoms with Crippen molar-refractivity contribution in [2.45, 2.75) is 37.5 Å². The Morgan fingerprint density at radius 2 is 2.07 bits per heavy atom. The van der Waals surface area contributed by atoms with Crippen LogP contribution in [-0.4, -0.2) is 61.5 Å². The summed E-state index contributed by atoms with van der Waals surface area (Å²) in [6.07, 6.45) is 4.23. The van der Waals surface area contributed by atoms with E-state index in [4.69, 9.17) is 9.84 Å². The lowest BCUT2D eigenvalue weighted by Crippen LogP contribution is -2.48. The van der Waals surface area contributed by atoms with Crippen LogP contribution in [0.15, 0.2) is 0 Å². The third kappa shape index (κ3) is 2.91. The Kier molecular flexibility index (Phi) is 3.97. The van der Waals surface area contributed by atoms with Crippen LogP contribution in [0.3, 0.4) is 0 Å². The molecular weight excluding hydrogens is 192 g/mol. The monoisotopic (exact) mass is 214 g/mol. The van der Waals surface area contributed by atoms with Gasteiger partial charge in [0.1, 0.15) is 0 Å². The third-order valence-corrected chi connectivity index (χ3v) is 3.48. The van der Waals surface area contributed by atoms with Crippen molar-refractivity contribution in [2.75, 3.05) is 33.3 Å². The SMILES string of the molecule is CNC(CCO)CN1CC2CCC(C1)O2. The minimum atomic E-state index is 0.267. The van der Waals surface area contributed by atoms with Crippen molar-refractivity contribution in [1.29, 1.82) is 0 Å². The summed E-state index contributed by atoms with van der Waals surface area (Å²) in [6.45, 7) is 3.44. The summed E-state index contributed by atoms with van der Waals surface area (Å²) in [5.41, 5.74) is 0. The van der Waals surface area contributed by atoms with E-state index in [2.05, 4.69) is 10.2 Å². The molecule has 4 nitrogen and oxygen atoms in total. The smallest absolute Gasteiger partial charge is 0.0707 e. The molecule has 2 aliphatic heterocycles. The van der Waals surface area contributed by atoms with E-state index >= 15 is 0 Å². The lowest BCUT2D eigenvalue weighted by Gasteiger charge is -2.34. The fourth-order valence-corrected chi connectivity index (χ4v) is 2.64. The normalized spacial score (nSPS) is 33.2. The third-order valence-electron chi connectivity index (χ3n) is 3.48. The second-order valence-corrected chi connectivity index (χ2v) is 4.67. The molecule has 3 atom stereocenters. The van der Waals surface area contributed by atoms with Crippen molar-refractivity contribution in [3.05, 3.63) is 0 Å². The number of aliphatic hydroxyl groups excluding tert-OH is 1. The van der Waals surface area contributed by atoms with Crippen LogP contribution in [0.25, 0.3) is 0 Å². The molecule has 2 aliphatic rings. The molecule has 0 saturated carbocycles. The fraction of sp³-hybridized carbons (Fsp3) is 1.00. The van der Waals surface area contributed by atoms with E-state index in [1.807, 2.05) is 7.05 Å². The van der Waals surface area contributed by atoms with Crippen molar-refractivity contribution < 1.29 is 9.84 Å². The standard InChI is InChI=1S/C11H22N2O2/c1-12-9(4-5-14)6-13-7-10-2-3-11(8-13)15-10/h9-12,14H,2-8H2,1H3. The van der Waals surface area contributed by atoms with Gasteiger partial charge in [-0.15, -0.1) is 0 Å². The lowest BCUT2D eigenvalue weighted by molar-refractivity contribution is -0.0409. The van der Waals surface area contributed by atoms with Gasteiger partial charge in [0.05, 0.1) is 12.2 Å². The molecule has 0 aromatic carbocycles. The first-order valence-electron chi connectivity index (χ1n) is 5.97. The van der Waals surface area contributed by atoms with E-state index in [-0.39, 0.29) is 6.61 Å². The topological polar surface area (TPSA) is 44.7 Å². The average molecular weight is 214 g/mol. The minimum absolute atomic E-state index is 0.267. The summed E-state index contributed by atoms with van der Waals surface area (Å²) in [4.78, 5) is 2.47. The fourth-order valence-electron chi connectivity index (χ4n) is 2.64. The van der Waals surface area contributed by atoms with Crippen LogP contribution in [-0.2, 0) is 4.74 Å². The first-order valence-corrected chi connectivity index (χ1v) is 5.97. The number of nitrogens with one attached hydrogen (secondary N) is 1. The highest BCUT2D eigenvalue weighted by molar-refractivity contribution is 4.86. The molecule has 0 aromatic heterocycles. The van der Waals surface area contributed by atoms with Gasteiger partial charge in [-0.2, -0.15) is 0 Å². The number of nitrogens with zero attached hydrogens (tertiary/aromatic N) is 1. The summed E-state index contributed by atoms with van der Waals surface area (Å²) in [5, 5.41) is 12.2. The predicted molar refractivity (Wildman–Crippen MR) is 58.9 cm³/mol. The zero-order chi connectivity index (χ0) is 10.7. The number of hydrogen-bond donors (Lipinski definition) is 2. The van der Waals surface area contributed by atoms with Gasteiger partial charge in [0.25, 0.3) is 0 Å². The first-order chi connectivity index (χ1) is 7.31. The Hall–Kier alpha value is -0.160. The van der Waals surface area contributed by atoms with Gasteiger partial charge in [0.2, 0.25) is 0 Å². The molecule has 88 valence electrons. The highest BCUT2D eigenvalue weighted by Crippen LogP contribution is 2.26. The number of fused-ring (bicyclic) bond motifs is 2. The van der Waals surface area contributed by atoms with Gasteiger partial charge in [-0.1, -0.05) is 0 Å². The van der Waals surface area contributed by atoms with Gasteiger partial charge in [0.15, 0.2) is 0 Å². The molecular formula is C11H22N2O2. The summed E-state index contributed by atoms with van der Waals surface area (Å²) in [7, 11) is 1.97. The number of morpholine rings is 1. The summed E-state index contributed by atoms with van der Waals surface area (Å²) in [5.74, 6) is 0. The van der Waals surface area contributed by atoms with E-state index in [0.717, 1.165) is 26.1 Å².